The lowest BCUT2D eigenvalue weighted by atomic mass is 9.53. The van der Waals surface area contributed by atoms with E-state index in [9.17, 15) is 0 Å². The molecule has 0 aromatic heterocycles. The van der Waals surface area contributed by atoms with Crippen LogP contribution >= 0.6 is 0 Å². The van der Waals surface area contributed by atoms with E-state index in [0.29, 0.717) is 0 Å². The van der Waals surface area contributed by atoms with Crippen molar-refractivity contribution in [3.63, 3.8) is 0 Å². The molecule has 206 valence electrons. The Morgan fingerprint density at radius 2 is 0.611 bits per heavy atom. The van der Waals surface area contributed by atoms with E-state index in [1.165, 1.54) is 73.4 Å². The molecule has 36 heavy (non-hydrogen) atoms. The summed E-state index contributed by atoms with van der Waals surface area (Å²) in [6.45, 7) is 2.87. The lowest BCUT2D eigenvalue weighted by Crippen LogP contribution is -2.62. The first-order chi connectivity index (χ1) is 17.3. The Balaban J connectivity index is 0.824. The third kappa shape index (κ3) is 5.35. The van der Waals surface area contributed by atoms with Crippen molar-refractivity contribution in [2.45, 2.75) is 128 Å². The molecule has 0 saturated heterocycles. The lowest BCUT2D eigenvalue weighted by molar-refractivity contribution is -0.926. The second-order valence-corrected chi connectivity index (χ2v) is 16.7. The Labute approximate surface area is 225 Å². The molecule has 0 spiro atoms. The van der Waals surface area contributed by atoms with Gasteiger partial charge in [-0.15, -0.1) is 0 Å². The van der Waals surface area contributed by atoms with Crippen molar-refractivity contribution in [2.24, 2.45) is 47.3 Å². The van der Waals surface area contributed by atoms with E-state index in [4.69, 9.17) is 0 Å². The summed E-state index contributed by atoms with van der Waals surface area (Å²) in [5, 5.41) is 0. The van der Waals surface area contributed by atoms with Gasteiger partial charge >= 0.3 is 0 Å². The standard InChI is InChI=1S/C34H62N2/c1-35(2,33-29-17-25-15-26(19-29)20-30(33)18-25)13-11-9-7-5-6-8-10-12-14-36(3,4)34-31-21-27-16-28(23-31)24-32(34)22-27/h25-34H,5-24H2,1-4H3/q+2. The second-order valence-electron chi connectivity index (χ2n) is 16.7. The molecule has 0 amide bonds. The topological polar surface area (TPSA) is 0 Å². The Morgan fingerprint density at radius 1 is 0.361 bits per heavy atom. The van der Waals surface area contributed by atoms with E-state index in [0.717, 1.165) is 59.4 Å². The molecule has 0 unspecified atom stereocenters. The molecule has 0 aromatic carbocycles. The van der Waals surface area contributed by atoms with Crippen molar-refractivity contribution < 1.29 is 8.97 Å². The number of hydrogen-bond donors (Lipinski definition) is 0. The van der Waals surface area contributed by atoms with Crippen LogP contribution in [-0.2, 0) is 0 Å². The van der Waals surface area contributed by atoms with E-state index >= 15 is 0 Å². The van der Waals surface area contributed by atoms with Gasteiger partial charge in [0.1, 0.15) is 0 Å². The zero-order valence-corrected chi connectivity index (χ0v) is 24.8. The average molecular weight is 499 g/mol. The normalized spacial score (nSPS) is 43.0. The first kappa shape index (κ1) is 26.2. The molecule has 0 heterocycles. The first-order valence-electron chi connectivity index (χ1n) is 16.9. The maximum Gasteiger partial charge on any atom is 0.0943 e. The summed E-state index contributed by atoms with van der Waals surface area (Å²) in [5.41, 5.74) is 0. The summed E-state index contributed by atoms with van der Waals surface area (Å²) in [5.74, 6) is 8.76. The third-order valence-electron chi connectivity index (χ3n) is 13.2. The van der Waals surface area contributed by atoms with E-state index in [-0.39, 0.29) is 0 Å². The Hall–Kier alpha value is -0.0800. The van der Waals surface area contributed by atoms with Gasteiger partial charge in [-0.05, 0) is 114 Å². The molecule has 2 heteroatoms. The number of quaternary nitrogens is 2. The highest BCUT2D eigenvalue weighted by Crippen LogP contribution is 2.57. The molecule has 0 radical (unpaired) electrons. The van der Waals surface area contributed by atoms with Crippen molar-refractivity contribution >= 4 is 0 Å². The fourth-order valence-corrected chi connectivity index (χ4v) is 12.5. The van der Waals surface area contributed by atoms with Crippen LogP contribution in [0.1, 0.15) is 116 Å². The van der Waals surface area contributed by atoms with E-state index in [1.807, 2.05) is 0 Å². The van der Waals surface area contributed by atoms with Crippen molar-refractivity contribution in [2.75, 3.05) is 41.3 Å². The van der Waals surface area contributed by atoms with Gasteiger partial charge in [0.2, 0.25) is 0 Å². The van der Waals surface area contributed by atoms with E-state index in [2.05, 4.69) is 28.2 Å². The van der Waals surface area contributed by atoms with Crippen molar-refractivity contribution in [1.29, 1.82) is 0 Å². The van der Waals surface area contributed by atoms with Crippen LogP contribution in [0.5, 0.6) is 0 Å². The SMILES string of the molecule is C[N+](C)(CCCCCCCCCC[N+](C)(C)C1C2CC3CC(C2)CC1C3)C1C2CC3CC(C2)CC1C3. The molecule has 8 aliphatic carbocycles. The van der Waals surface area contributed by atoms with Crippen LogP contribution < -0.4 is 0 Å². The van der Waals surface area contributed by atoms with Crippen molar-refractivity contribution in [3.05, 3.63) is 0 Å². The Bertz CT molecular complexity index is 619. The monoisotopic (exact) mass is 498 g/mol. The lowest BCUT2D eigenvalue weighted by Gasteiger charge is -2.58. The van der Waals surface area contributed by atoms with Crippen LogP contribution in [0.4, 0.5) is 0 Å². The molecule has 2 nitrogen and oxygen atoms in total. The fraction of sp³-hybridized carbons (Fsp3) is 1.00. The molecular formula is C34H62N2+2. The van der Waals surface area contributed by atoms with Gasteiger partial charge in [0.15, 0.2) is 0 Å². The summed E-state index contributed by atoms with van der Waals surface area (Å²) < 4.78 is 2.68. The van der Waals surface area contributed by atoms with Crippen LogP contribution in [0.3, 0.4) is 0 Å². The molecule has 0 N–H and O–H groups in total. The average Bonchev–Trinajstić information content (AvgIpc) is 2.78. The number of unbranched alkanes of at least 4 members (excludes halogenated alkanes) is 7. The fourth-order valence-electron chi connectivity index (χ4n) is 12.5. The molecule has 0 aromatic rings. The van der Waals surface area contributed by atoms with Gasteiger partial charge in [-0.3, -0.25) is 0 Å². The second kappa shape index (κ2) is 10.5. The molecule has 0 atom stereocenters. The summed E-state index contributed by atoms with van der Waals surface area (Å²) in [7, 11) is 10.4. The van der Waals surface area contributed by atoms with Crippen LogP contribution in [0.15, 0.2) is 0 Å². The zero-order chi connectivity index (χ0) is 24.9. The molecule has 8 rings (SSSR count). The van der Waals surface area contributed by atoms with Crippen LogP contribution in [0.2, 0.25) is 0 Å². The quantitative estimate of drug-likeness (QED) is 0.179. The highest BCUT2D eigenvalue weighted by molar-refractivity contribution is 5.00. The maximum atomic E-state index is 2.59. The summed E-state index contributed by atoms with van der Waals surface area (Å²) in [6.07, 6.45) is 27.7. The van der Waals surface area contributed by atoms with Gasteiger partial charge in [-0.25, -0.2) is 0 Å². The summed E-state index contributed by atoms with van der Waals surface area (Å²) in [6, 6.07) is 2.00. The minimum atomic E-state index is 0.999. The molecule has 8 fully saturated rings. The van der Waals surface area contributed by atoms with Gasteiger partial charge in [0.05, 0.1) is 53.4 Å². The van der Waals surface area contributed by atoms with Crippen molar-refractivity contribution in [3.8, 4) is 0 Å². The van der Waals surface area contributed by atoms with Gasteiger partial charge in [-0.2, -0.15) is 0 Å². The van der Waals surface area contributed by atoms with Gasteiger partial charge in [-0.1, -0.05) is 25.7 Å². The first-order valence-corrected chi connectivity index (χ1v) is 16.9. The smallest absolute Gasteiger partial charge is 0.0943 e. The molecule has 8 bridgehead atoms. The minimum absolute atomic E-state index is 0.999. The maximum absolute atomic E-state index is 2.59. The predicted octanol–water partition coefficient (Wildman–Crippen LogP) is 7.91. The van der Waals surface area contributed by atoms with Crippen LogP contribution in [0.25, 0.3) is 0 Å². The number of rotatable bonds is 13. The van der Waals surface area contributed by atoms with Crippen LogP contribution in [-0.4, -0.2) is 62.3 Å². The van der Waals surface area contributed by atoms with Crippen molar-refractivity contribution in [1.82, 2.24) is 0 Å². The van der Waals surface area contributed by atoms with Gasteiger partial charge in [0.25, 0.3) is 0 Å². The summed E-state index contributed by atoms with van der Waals surface area (Å²) in [4.78, 5) is 0. The van der Waals surface area contributed by atoms with Gasteiger partial charge in [0, 0.05) is 23.7 Å². The minimum Gasteiger partial charge on any atom is -0.326 e. The number of nitrogens with zero attached hydrogens (tertiary/aromatic N) is 2. The van der Waals surface area contributed by atoms with E-state index < -0.39 is 0 Å². The highest BCUT2D eigenvalue weighted by Gasteiger charge is 2.55. The molecular weight excluding hydrogens is 436 g/mol. The predicted molar refractivity (Wildman–Crippen MR) is 153 cm³/mol. The van der Waals surface area contributed by atoms with E-state index in [1.54, 1.807) is 64.2 Å². The highest BCUT2D eigenvalue weighted by atomic mass is 15.3. The molecule has 8 saturated carbocycles. The largest absolute Gasteiger partial charge is 0.326 e. The Kier molecular flexibility index (Phi) is 7.61. The Morgan fingerprint density at radius 3 is 0.889 bits per heavy atom. The number of hydrogen-bond acceptors (Lipinski definition) is 0. The molecule has 8 aliphatic rings. The van der Waals surface area contributed by atoms with Gasteiger partial charge < -0.3 is 8.97 Å². The zero-order valence-electron chi connectivity index (χ0n) is 24.8. The van der Waals surface area contributed by atoms with Crippen LogP contribution in [0, 0.1) is 47.3 Å². The third-order valence-corrected chi connectivity index (χ3v) is 13.2. The summed E-state index contributed by atoms with van der Waals surface area (Å²) >= 11 is 0. The molecule has 0 aliphatic heterocycles.